The van der Waals surface area contributed by atoms with E-state index in [-0.39, 0.29) is 4.21 Å². The van der Waals surface area contributed by atoms with Crippen LogP contribution in [0.4, 0.5) is 11.4 Å². The fourth-order valence-corrected chi connectivity index (χ4v) is 4.84. The molecule has 0 bridgehead atoms. The molecule has 0 amide bonds. The lowest BCUT2D eigenvalue weighted by Gasteiger charge is -2.29. The smallest absolute Gasteiger partial charge is 0.271 e. The second-order valence-electron chi connectivity index (χ2n) is 5.25. The van der Waals surface area contributed by atoms with Crippen LogP contribution in [0.25, 0.3) is 0 Å². The Bertz CT molecular complexity index is 739. The molecule has 22 heavy (non-hydrogen) atoms. The van der Waals surface area contributed by atoms with E-state index in [4.69, 9.17) is 11.6 Å². The largest absolute Gasteiger partial charge is 0.371 e. The van der Waals surface area contributed by atoms with Crippen molar-refractivity contribution in [1.29, 1.82) is 0 Å². The number of hydrogen-bond donors (Lipinski definition) is 1. The van der Waals surface area contributed by atoms with Crippen molar-refractivity contribution < 1.29 is 8.42 Å². The summed E-state index contributed by atoms with van der Waals surface area (Å²) in [6.45, 7) is 2.00. The summed E-state index contributed by atoms with van der Waals surface area (Å²) in [7, 11) is -3.57. The van der Waals surface area contributed by atoms with Crippen LogP contribution in [0.5, 0.6) is 0 Å². The average Bonchev–Trinajstić information content (AvgIpc) is 3.05. The van der Waals surface area contributed by atoms with E-state index in [2.05, 4.69) is 9.62 Å². The van der Waals surface area contributed by atoms with Gasteiger partial charge in [0, 0.05) is 18.8 Å². The predicted molar refractivity (Wildman–Crippen MR) is 92.6 cm³/mol. The number of nitrogens with zero attached hydrogens (tertiary/aromatic N) is 1. The lowest BCUT2D eigenvalue weighted by Crippen LogP contribution is -2.29. The van der Waals surface area contributed by atoms with Crippen LogP contribution in [0.2, 0.25) is 5.02 Å². The fourth-order valence-electron chi connectivity index (χ4n) is 2.55. The molecule has 118 valence electrons. The Labute approximate surface area is 139 Å². The van der Waals surface area contributed by atoms with Crippen molar-refractivity contribution in [3.63, 3.8) is 0 Å². The van der Waals surface area contributed by atoms with Gasteiger partial charge in [0.05, 0.1) is 10.7 Å². The minimum Gasteiger partial charge on any atom is -0.371 e. The SMILES string of the molecule is O=S(=O)(Nc1cc(N2CCCCC2)ccc1Cl)c1cccs1. The van der Waals surface area contributed by atoms with Crippen LogP contribution in [0.3, 0.4) is 0 Å². The minimum absolute atomic E-state index is 0.284. The molecule has 7 heteroatoms. The first kappa shape index (κ1) is 15.6. The second kappa shape index (κ2) is 6.48. The van der Waals surface area contributed by atoms with Gasteiger partial charge in [0.15, 0.2) is 0 Å². The van der Waals surface area contributed by atoms with E-state index < -0.39 is 10.0 Å². The van der Waals surface area contributed by atoms with Crippen LogP contribution in [0.1, 0.15) is 19.3 Å². The summed E-state index contributed by atoms with van der Waals surface area (Å²) in [6.07, 6.45) is 3.58. The Morgan fingerprint density at radius 2 is 1.91 bits per heavy atom. The molecular formula is C15H17ClN2O2S2. The molecule has 0 aliphatic carbocycles. The number of benzene rings is 1. The molecular weight excluding hydrogens is 340 g/mol. The molecule has 0 atom stereocenters. The molecule has 0 radical (unpaired) electrons. The van der Waals surface area contributed by atoms with Crippen molar-refractivity contribution in [1.82, 2.24) is 0 Å². The van der Waals surface area contributed by atoms with E-state index in [1.54, 1.807) is 23.6 Å². The number of anilines is 2. The number of halogens is 1. The number of thiophene rings is 1. The van der Waals surface area contributed by atoms with Gasteiger partial charge in [0.25, 0.3) is 10.0 Å². The van der Waals surface area contributed by atoms with Gasteiger partial charge in [-0.2, -0.15) is 0 Å². The molecule has 4 nitrogen and oxygen atoms in total. The van der Waals surface area contributed by atoms with E-state index in [1.807, 2.05) is 12.1 Å². The van der Waals surface area contributed by atoms with Gasteiger partial charge < -0.3 is 4.90 Å². The summed E-state index contributed by atoms with van der Waals surface area (Å²) in [5.41, 5.74) is 1.44. The van der Waals surface area contributed by atoms with E-state index >= 15 is 0 Å². The highest BCUT2D eigenvalue weighted by Gasteiger charge is 2.18. The highest BCUT2D eigenvalue weighted by molar-refractivity contribution is 7.94. The van der Waals surface area contributed by atoms with Gasteiger partial charge in [-0.1, -0.05) is 17.7 Å². The van der Waals surface area contributed by atoms with Crippen LogP contribution in [-0.4, -0.2) is 21.5 Å². The van der Waals surface area contributed by atoms with Crippen LogP contribution in [-0.2, 0) is 10.0 Å². The Hall–Kier alpha value is -1.24. The summed E-state index contributed by atoms with van der Waals surface area (Å²) >= 11 is 7.34. The van der Waals surface area contributed by atoms with E-state index in [9.17, 15) is 8.42 Å². The fraction of sp³-hybridized carbons (Fsp3) is 0.333. The maximum atomic E-state index is 12.3. The molecule has 1 aromatic heterocycles. The zero-order valence-electron chi connectivity index (χ0n) is 12.0. The Kier molecular flexibility index (Phi) is 4.61. The number of rotatable bonds is 4. The van der Waals surface area contributed by atoms with E-state index in [1.165, 1.54) is 30.6 Å². The zero-order valence-corrected chi connectivity index (χ0v) is 14.3. The monoisotopic (exact) mass is 356 g/mol. The molecule has 1 N–H and O–H groups in total. The van der Waals surface area contributed by atoms with Crippen LogP contribution < -0.4 is 9.62 Å². The maximum Gasteiger partial charge on any atom is 0.271 e. The molecule has 1 aromatic carbocycles. The first-order valence-corrected chi connectivity index (χ1v) is 9.91. The number of nitrogens with one attached hydrogen (secondary N) is 1. The number of piperidine rings is 1. The lowest BCUT2D eigenvalue weighted by atomic mass is 10.1. The van der Waals surface area contributed by atoms with Gasteiger partial charge in [-0.25, -0.2) is 8.42 Å². The average molecular weight is 357 g/mol. The van der Waals surface area contributed by atoms with Crippen molar-refractivity contribution >= 4 is 44.3 Å². The maximum absolute atomic E-state index is 12.3. The second-order valence-corrected chi connectivity index (χ2v) is 8.51. The summed E-state index contributed by atoms with van der Waals surface area (Å²) in [6, 6.07) is 8.80. The molecule has 0 saturated carbocycles. The highest BCUT2D eigenvalue weighted by Crippen LogP contribution is 2.31. The Morgan fingerprint density at radius 3 is 2.59 bits per heavy atom. The van der Waals surface area contributed by atoms with Gasteiger partial charge in [0.1, 0.15) is 4.21 Å². The lowest BCUT2D eigenvalue weighted by molar-refractivity contribution is 0.578. The van der Waals surface area contributed by atoms with Crippen molar-refractivity contribution in [2.45, 2.75) is 23.5 Å². The first-order valence-electron chi connectivity index (χ1n) is 7.17. The number of sulfonamides is 1. The number of hydrogen-bond acceptors (Lipinski definition) is 4. The Balaban J connectivity index is 1.87. The third kappa shape index (κ3) is 3.39. The van der Waals surface area contributed by atoms with Crippen LogP contribution in [0.15, 0.2) is 39.9 Å². The molecule has 3 rings (SSSR count). The van der Waals surface area contributed by atoms with Crippen molar-refractivity contribution in [2.24, 2.45) is 0 Å². The summed E-state index contributed by atoms with van der Waals surface area (Å²) < 4.78 is 27.5. The predicted octanol–water partition coefficient (Wildman–Crippen LogP) is 4.19. The van der Waals surface area contributed by atoms with Crippen molar-refractivity contribution in [3.05, 3.63) is 40.7 Å². The Morgan fingerprint density at radius 1 is 1.14 bits per heavy atom. The normalized spacial score (nSPS) is 15.8. The van der Waals surface area contributed by atoms with Gasteiger partial charge in [-0.15, -0.1) is 11.3 Å². The van der Waals surface area contributed by atoms with E-state index in [0.717, 1.165) is 18.8 Å². The van der Waals surface area contributed by atoms with Crippen molar-refractivity contribution in [2.75, 3.05) is 22.7 Å². The quantitative estimate of drug-likeness (QED) is 0.893. The third-order valence-corrected chi connectivity index (χ3v) is 6.77. The third-order valence-electron chi connectivity index (χ3n) is 3.68. The summed E-state index contributed by atoms with van der Waals surface area (Å²) in [5, 5.41) is 2.14. The topological polar surface area (TPSA) is 49.4 Å². The van der Waals surface area contributed by atoms with Crippen LogP contribution >= 0.6 is 22.9 Å². The molecule has 1 aliphatic heterocycles. The molecule has 1 saturated heterocycles. The molecule has 2 heterocycles. The molecule has 1 aliphatic rings. The zero-order chi connectivity index (χ0) is 15.6. The van der Waals surface area contributed by atoms with Gasteiger partial charge in [-0.05, 0) is 48.9 Å². The molecule has 2 aromatic rings. The van der Waals surface area contributed by atoms with Gasteiger partial charge in [0.2, 0.25) is 0 Å². The van der Waals surface area contributed by atoms with Gasteiger partial charge in [-0.3, -0.25) is 4.72 Å². The molecule has 0 unspecified atom stereocenters. The minimum atomic E-state index is -3.57. The summed E-state index contributed by atoms with van der Waals surface area (Å²) in [5.74, 6) is 0. The summed E-state index contributed by atoms with van der Waals surface area (Å²) in [4.78, 5) is 2.27. The van der Waals surface area contributed by atoms with Gasteiger partial charge >= 0.3 is 0 Å². The van der Waals surface area contributed by atoms with Crippen molar-refractivity contribution in [3.8, 4) is 0 Å². The highest BCUT2D eigenvalue weighted by atomic mass is 35.5. The molecule has 0 spiro atoms. The van der Waals surface area contributed by atoms with E-state index in [0.29, 0.717) is 10.7 Å². The first-order chi connectivity index (χ1) is 10.6. The van der Waals surface area contributed by atoms with Crippen LogP contribution in [0, 0.1) is 0 Å². The molecule has 1 fully saturated rings. The standard InChI is InChI=1S/C15H17ClN2O2S2/c16-13-7-6-12(18-8-2-1-3-9-18)11-14(13)17-22(19,20)15-5-4-10-21-15/h4-7,10-11,17H,1-3,8-9H2.